The molecular formula is C10H17NO2. The largest absolute Gasteiger partial charge is 0.478 e. The van der Waals surface area contributed by atoms with Crippen molar-refractivity contribution in [3.8, 4) is 0 Å². The number of aliphatic carboxylic acids is 1. The Balaban J connectivity index is 1.97. The number of hydrogen-bond donors (Lipinski definition) is 2. The molecule has 0 radical (unpaired) electrons. The Morgan fingerprint density at radius 1 is 1.46 bits per heavy atom. The zero-order chi connectivity index (χ0) is 9.52. The van der Waals surface area contributed by atoms with Gasteiger partial charge in [0, 0.05) is 12.6 Å². The van der Waals surface area contributed by atoms with E-state index in [0.29, 0.717) is 6.54 Å². The van der Waals surface area contributed by atoms with E-state index in [4.69, 9.17) is 5.11 Å². The molecule has 0 aromatic heterocycles. The van der Waals surface area contributed by atoms with Gasteiger partial charge in [-0.05, 0) is 25.3 Å². The molecule has 0 saturated heterocycles. The Bertz CT molecular complexity index is 183. The van der Waals surface area contributed by atoms with Gasteiger partial charge in [0.25, 0.3) is 0 Å². The predicted molar refractivity (Wildman–Crippen MR) is 51.6 cm³/mol. The summed E-state index contributed by atoms with van der Waals surface area (Å²) < 4.78 is 0. The molecule has 3 heteroatoms. The van der Waals surface area contributed by atoms with Crippen LogP contribution in [0.5, 0.6) is 0 Å². The summed E-state index contributed by atoms with van der Waals surface area (Å²) in [6.45, 7) is 1.70. The van der Waals surface area contributed by atoms with Crippen LogP contribution in [0.3, 0.4) is 0 Å². The summed E-state index contributed by atoms with van der Waals surface area (Å²) in [5.74, 6) is -0.0547. The quantitative estimate of drug-likeness (QED) is 0.500. The van der Waals surface area contributed by atoms with Gasteiger partial charge in [0.2, 0.25) is 0 Å². The van der Waals surface area contributed by atoms with E-state index in [-0.39, 0.29) is 0 Å². The molecule has 0 aliphatic heterocycles. The second-order valence-corrected chi connectivity index (χ2v) is 3.55. The van der Waals surface area contributed by atoms with Gasteiger partial charge in [0.05, 0.1) is 0 Å². The second-order valence-electron chi connectivity index (χ2n) is 3.55. The van der Waals surface area contributed by atoms with Crippen molar-refractivity contribution in [2.45, 2.75) is 25.7 Å². The van der Waals surface area contributed by atoms with E-state index in [0.717, 1.165) is 12.5 Å². The zero-order valence-corrected chi connectivity index (χ0v) is 7.83. The number of nitrogens with one attached hydrogen (secondary N) is 1. The van der Waals surface area contributed by atoms with E-state index in [1.165, 1.54) is 31.8 Å². The number of hydrogen-bond acceptors (Lipinski definition) is 2. The summed E-state index contributed by atoms with van der Waals surface area (Å²) in [7, 11) is 0. The van der Waals surface area contributed by atoms with Gasteiger partial charge in [-0.15, -0.1) is 0 Å². The number of rotatable bonds is 5. The maximum Gasteiger partial charge on any atom is 0.328 e. The minimum Gasteiger partial charge on any atom is -0.478 e. The van der Waals surface area contributed by atoms with Crippen LogP contribution >= 0.6 is 0 Å². The fraction of sp³-hybridized carbons (Fsp3) is 0.700. The maximum atomic E-state index is 10.1. The summed E-state index contributed by atoms with van der Waals surface area (Å²) in [6, 6.07) is 0. The van der Waals surface area contributed by atoms with E-state index in [1.54, 1.807) is 6.08 Å². The summed E-state index contributed by atoms with van der Waals surface area (Å²) in [4.78, 5) is 10.1. The fourth-order valence-corrected chi connectivity index (χ4v) is 1.75. The van der Waals surface area contributed by atoms with Gasteiger partial charge in [-0.2, -0.15) is 0 Å². The van der Waals surface area contributed by atoms with Crippen molar-refractivity contribution in [1.82, 2.24) is 5.32 Å². The first-order valence-electron chi connectivity index (χ1n) is 4.89. The van der Waals surface area contributed by atoms with Crippen LogP contribution in [0.1, 0.15) is 25.7 Å². The molecule has 0 spiro atoms. The first-order chi connectivity index (χ1) is 6.29. The van der Waals surface area contributed by atoms with Gasteiger partial charge in [-0.3, -0.25) is 0 Å². The normalized spacial score (nSPS) is 18.5. The Kier molecular flexibility index (Phi) is 4.54. The Hall–Kier alpha value is -0.830. The van der Waals surface area contributed by atoms with E-state index in [1.807, 2.05) is 0 Å². The molecule has 0 atom stereocenters. The lowest BCUT2D eigenvalue weighted by atomic mass is 10.1. The molecule has 13 heavy (non-hydrogen) atoms. The van der Waals surface area contributed by atoms with Crippen LogP contribution in [-0.4, -0.2) is 24.2 Å². The van der Waals surface area contributed by atoms with Crippen molar-refractivity contribution in [2.75, 3.05) is 13.1 Å². The minimum atomic E-state index is -0.873. The molecule has 3 nitrogen and oxygen atoms in total. The summed E-state index contributed by atoms with van der Waals surface area (Å²) in [5.41, 5.74) is 0. The third-order valence-electron chi connectivity index (χ3n) is 2.43. The molecule has 74 valence electrons. The molecule has 2 N–H and O–H groups in total. The smallest absolute Gasteiger partial charge is 0.328 e. The molecule has 0 unspecified atom stereocenters. The highest BCUT2D eigenvalue weighted by molar-refractivity contribution is 5.79. The van der Waals surface area contributed by atoms with Crippen molar-refractivity contribution < 1.29 is 9.90 Å². The monoisotopic (exact) mass is 183 g/mol. The van der Waals surface area contributed by atoms with Gasteiger partial charge >= 0.3 is 5.97 Å². The van der Waals surface area contributed by atoms with E-state index in [2.05, 4.69) is 5.32 Å². The van der Waals surface area contributed by atoms with Crippen LogP contribution in [0, 0.1) is 5.92 Å². The van der Waals surface area contributed by atoms with Crippen LogP contribution < -0.4 is 5.32 Å². The van der Waals surface area contributed by atoms with Crippen LogP contribution in [-0.2, 0) is 4.79 Å². The third-order valence-corrected chi connectivity index (χ3v) is 2.43. The van der Waals surface area contributed by atoms with Gasteiger partial charge in [-0.25, -0.2) is 4.79 Å². The molecule has 0 bridgehead atoms. The van der Waals surface area contributed by atoms with Crippen molar-refractivity contribution in [3.05, 3.63) is 12.2 Å². The standard InChI is InChI=1S/C10H17NO2/c12-10(13)6-3-7-11-8-9-4-1-2-5-9/h3,6,9,11H,1-2,4-5,7-8H2,(H,12,13)/b6-3+. The maximum absolute atomic E-state index is 10.1. The average molecular weight is 183 g/mol. The Morgan fingerprint density at radius 3 is 2.77 bits per heavy atom. The first-order valence-corrected chi connectivity index (χ1v) is 4.89. The lowest BCUT2D eigenvalue weighted by Crippen LogP contribution is -2.21. The Morgan fingerprint density at radius 2 is 2.15 bits per heavy atom. The van der Waals surface area contributed by atoms with E-state index >= 15 is 0 Å². The molecule has 1 fully saturated rings. The summed E-state index contributed by atoms with van der Waals surface area (Å²) in [5, 5.41) is 11.5. The van der Waals surface area contributed by atoms with Gasteiger partial charge in [-0.1, -0.05) is 18.9 Å². The minimum absolute atomic E-state index is 0.669. The molecule has 1 saturated carbocycles. The lowest BCUT2D eigenvalue weighted by Gasteiger charge is -2.07. The molecule has 0 aromatic rings. The molecule has 1 aliphatic rings. The zero-order valence-electron chi connectivity index (χ0n) is 7.83. The second kappa shape index (κ2) is 5.75. The van der Waals surface area contributed by atoms with Crippen LogP contribution in [0.2, 0.25) is 0 Å². The molecule has 1 aliphatic carbocycles. The van der Waals surface area contributed by atoms with Crippen LogP contribution in [0.25, 0.3) is 0 Å². The Labute approximate surface area is 78.8 Å². The van der Waals surface area contributed by atoms with Gasteiger partial charge < -0.3 is 10.4 Å². The first kappa shape index (κ1) is 10.3. The highest BCUT2D eigenvalue weighted by Crippen LogP contribution is 2.23. The van der Waals surface area contributed by atoms with E-state index < -0.39 is 5.97 Å². The topological polar surface area (TPSA) is 49.3 Å². The highest BCUT2D eigenvalue weighted by Gasteiger charge is 2.13. The van der Waals surface area contributed by atoms with Crippen molar-refractivity contribution in [3.63, 3.8) is 0 Å². The fourth-order valence-electron chi connectivity index (χ4n) is 1.75. The van der Waals surface area contributed by atoms with Gasteiger partial charge in [0.1, 0.15) is 0 Å². The molecule has 1 rings (SSSR count). The molecule has 0 amide bonds. The number of carboxylic acids is 1. The van der Waals surface area contributed by atoms with Crippen LogP contribution in [0.4, 0.5) is 0 Å². The van der Waals surface area contributed by atoms with E-state index in [9.17, 15) is 4.79 Å². The molecular weight excluding hydrogens is 166 g/mol. The molecule has 0 aromatic carbocycles. The number of carbonyl (C=O) groups is 1. The van der Waals surface area contributed by atoms with Crippen molar-refractivity contribution >= 4 is 5.97 Å². The van der Waals surface area contributed by atoms with Crippen molar-refractivity contribution in [1.29, 1.82) is 0 Å². The average Bonchev–Trinajstić information content (AvgIpc) is 2.55. The third kappa shape index (κ3) is 4.68. The highest BCUT2D eigenvalue weighted by atomic mass is 16.4. The molecule has 0 heterocycles. The number of carboxylic acid groups (broad SMARTS) is 1. The lowest BCUT2D eigenvalue weighted by molar-refractivity contribution is -0.131. The SMILES string of the molecule is O=C(O)/C=C/CNCC1CCCC1. The van der Waals surface area contributed by atoms with Crippen molar-refractivity contribution in [2.24, 2.45) is 5.92 Å². The predicted octanol–water partition coefficient (Wildman–Crippen LogP) is 1.41. The summed E-state index contributed by atoms with van der Waals surface area (Å²) in [6.07, 6.45) is 8.21. The summed E-state index contributed by atoms with van der Waals surface area (Å²) >= 11 is 0. The van der Waals surface area contributed by atoms with Gasteiger partial charge in [0.15, 0.2) is 0 Å². The van der Waals surface area contributed by atoms with Crippen LogP contribution in [0.15, 0.2) is 12.2 Å².